The molecule has 0 fully saturated rings. The molecular formula is C14H17BrO4. The van der Waals surface area contributed by atoms with Crippen LogP contribution in [-0.2, 0) is 9.53 Å². The number of carbonyl (C=O) groups is 1. The molecule has 0 amide bonds. The summed E-state index contributed by atoms with van der Waals surface area (Å²) < 4.78 is 15.5. The lowest BCUT2D eigenvalue weighted by atomic mass is 10.1. The molecule has 0 atom stereocenters. The van der Waals surface area contributed by atoms with Crippen LogP contribution in [0.15, 0.2) is 24.8 Å². The molecule has 0 aliphatic rings. The summed E-state index contributed by atoms with van der Waals surface area (Å²) in [6, 6.07) is 5.23. The molecule has 0 aliphatic heterocycles. The molecule has 0 unspecified atom stereocenters. The molecule has 104 valence electrons. The van der Waals surface area contributed by atoms with E-state index in [-0.39, 0.29) is 5.57 Å². The Balaban J connectivity index is 2.89. The fourth-order valence-corrected chi connectivity index (χ4v) is 1.68. The van der Waals surface area contributed by atoms with Crippen molar-refractivity contribution in [1.29, 1.82) is 0 Å². The number of hydrogen-bond donors (Lipinski definition) is 0. The van der Waals surface area contributed by atoms with Crippen LogP contribution in [0.5, 0.6) is 11.5 Å². The number of benzene rings is 1. The second-order valence-corrected chi connectivity index (χ2v) is 4.52. The Morgan fingerprint density at radius 1 is 1.32 bits per heavy atom. The van der Waals surface area contributed by atoms with Crippen molar-refractivity contribution in [3.63, 3.8) is 0 Å². The van der Waals surface area contributed by atoms with Gasteiger partial charge in [0.15, 0.2) is 11.5 Å². The van der Waals surface area contributed by atoms with E-state index in [2.05, 4.69) is 27.2 Å². The van der Waals surface area contributed by atoms with Gasteiger partial charge in [-0.25, -0.2) is 4.79 Å². The zero-order chi connectivity index (χ0) is 14.3. The molecule has 0 radical (unpaired) electrons. The lowest BCUT2D eigenvalue weighted by molar-refractivity contribution is -0.133. The van der Waals surface area contributed by atoms with Gasteiger partial charge in [-0.3, -0.25) is 0 Å². The number of hydrogen-bond acceptors (Lipinski definition) is 4. The van der Waals surface area contributed by atoms with Crippen LogP contribution in [0.4, 0.5) is 0 Å². The highest BCUT2D eigenvalue weighted by molar-refractivity contribution is 9.09. The Bertz CT molecular complexity index is 457. The Kier molecular flexibility index (Phi) is 6.42. The molecule has 0 N–H and O–H groups in total. The molecular weight excluding hydrogens is 312 g/mol. The monoisotopic (exact) mass is 328 g/mol. The predicted molar refractivity (Wildman–Crippen MR) is 78.0 cm³/mol. The Hall–Kier alpha value is -1.49. The van der Waals surface area contributed by atoms with E-state index in [9.17, 15) is 4.79 Å². The Morgan fingerprint density at radius 2 is 2.05 bits per heavy atom. The van der Waals surface area contributed by atoms with Crippen LogP contribution in [0.1, 0.15) is 12.0 Å². The van der Waals surface area contributed by atoms with Crippen LogP contribution in [0.25, 0.3) is 5.57 Å². The first kappa shape index (κ1) is 15.6. The molecule has 1 aromatic rings. The van der Waals surface area contributed by atoms with Gasteiger partial charge in [-0.05, 0) is 24.1 Å². The third kappa shape index (κ3) is 4.28. The number of esters is 1. The number of carbonyl (C=O) groups excluding carboxylic acids is 1. The SMILES string of the molecule is C=C(C(=O)OC)c1ccc(OCCCBr)c(OC)c1. The molecule has 5 heteroatoms. The summed E-state index contributed by atoms with van der Waals surface area (Å²) in [4.78, 5) is 11.4. The molecule has 0 aliphatic carbocycles. The number of rotatable bonds is 7. The quantitative estimate of drug-likeness (QED) is 0.334. The number of halogens is 1. The first-order valence-electron chi connectivity index (χ1n) is 5.78. The summed E-state index contributed by atoms with van der Waals surface area (Å²) >= 11 is 3.34. The van der Waals surface area contributed by atoms with Crippen LogP contribution in [0, 0.1) is 0 Å². The van der Waals surface area contributed by atoms with E-state index in [0.717, 1.165) is 11.8 Å². The van der Waals surface area contributed by atoms with Crippen molar-refractivity contribution in [3.05, 3.63) is 30.3 Å². The summed E-state index contributed by atoms with van der Waals surface area (Å²) in [5.74, 6) is 0.747. The first-order valence-corrected chi connectivity index (χ1v) is 6.90. The molecule has 19 heavy (non-hydrogen) atoms. The van der Waals surface area contributed by atoms with Crippen molar-refractivity contribution < 1.29 is 19.0 Å². The van der Waals surface area contributed by atoms with E-state index >= 15 is 0 Å². The van der Waals surface area contributed by atoms with Crippen LogP contribution >= 0.6 is 15.9 Å². The fraction of sp³-hybridized carbons (Fsp3) is 0.357. The number of ether oxygens (including phenoxy) is 3. The average Bonchev–Trinajstić information content (AvgIpc) is 2.46. The second kappa shape index (κ2) is 7.84. The van der Waals surface area contributed by atoms with Crippen LogP contribution in [0.2, 0.25) is 0 Å². The summed E-state index contributed by atoms with van der Waals surface area (Å²) in [5, 5.41) is 0.881. The van der Waals surface area contributed by atoms with Crippen molar-refractivity contribution in [3.8, 4) is 11.5 Å². The van der Waals surface area contributed by atoms with Gasteiger partial charge in [0.1, 0.15) is 0 Å². The minimum Gasteiger partial charge on any atom is -0.493 e. The smallest absolute Gasteiger partial charge is 0.337 e. The predicted octanol–water partition coefficient (Wildman–Crippen LogP) is 3.05. The molecule has 0 spiro atoms. The molecule has 0 aromatic heterocycles. The minimum absolute atomic E-state index is 0.285. The van der Waals surface area contributed by atoms with E-state index in [1.807, 2.05) is 0 Å². The summed E-state index contributed by atoms with van der Waals surface area (Å²) in [5.41, 5.74) is 0.935. The maximum Gasteiger partial charge on any atom is 0.337 e. The third-order valence-corrected chi connectivity index (χ3v) is 3.04. The molecule has 1 aromatic carbocycles. The summed E-state index contributed by atoms with van der Waals surface area (Å²) in [7, 11) is 2.87. The number of methoxy groups -OCH3 is 2. The Labute approximate surface area is 121 Å². The van der Waals surface area contributed by atoms with Crippen molar-refractivity contribution >= 4 is 27.5 Å². The highest BCUT2D eigenvalue weighted by Crippen LogP contribution is 2.30. The summed E-state index contributed by atoms with van der Waals surface area (Å²) in [6.45, 7) is 4.30. The van der Waals surface area contributed by atoms with Gasteiger partial charge in [-0.15, -0.1) is 0 Å². The van der Waals surface area contributed by atoms with Crippen molar-refractivity contribution in [2.45, 2.75) is 6.42 Å². The highest BCUT2D eigenvalue weighted by Gasteiger charge is 2.13. The van der Waals surface area contributed by atoms with Gasteiger partial charge < -0.3 is 14.2 Å². The van der Waals surface area contributed by atoms with Gasteiger partial charge in [0.25, 0.3) is 0 Å². The molecule has 4 nitrogen and oxygen atoms in total. The lowest BCUT2D eigenvalue weighted by Crippen LogP contribution is -2.04. The first-order chi connectivity index (χ1) is 9.13. The zero-order valence-corrected chi connectivity index (χ0v) is 12.7. The molecule has 0 saturated carbocycles. The van der Waals surface area contributed by atoms with Crippen LogP contribution in [0.3, 0.4) is 0 Å². The maximum absolute atomic E-state index is 11.4. The maximum atomic E-state index is 11.4. The van der Waals surface area contributed by atoms with E-state index in [1.165, 1.54) is 7.11 Å². The van der Waals surface area contributed by atoms with Gasteiger partial charge in [-0.2, -0.15) is 0 Å². The van der Waals surface area contributed by atoms with Crippen molar-refractivity contribution in [2.75, 3.05) is 26.2 Å². The van der Waals surface area contributed by atoms with Gasteiger partial charge in [0, 0.05) is 5.33 Å². The minimum atomic E-state index is -0.463. The zero-order valence-electron chi connectivity index (χ0n) is 11.1. The topological polar surface area (TPSA) is 44.8 Å². The normalized spacial score (nSPS) is 9.84. The van der Waals surface area contributed by atoms with Gasteiger partial charge in [-0.1, -0.05) is 28.6 Å². The van der Waals surface area contributed by atoms with Gasteiger partial charge in [0.2, 0.25) is 0 Å². The third-order valence-electron chi connectivity index (χ3n) is 2.48. The Morgan fingerprint density at radius 3 is 2.63 bits per heavy atom. The van der Waals surface area contributed by atoms with E-state index < -0.39 is 5.97 Å². The average molecular weight is 329 g/mol. The van der Waals surface area contributed by atoms with Gasteiger partial charge in [0.05, 0.1) is 26.4 Å². The van der Waals surface area contributed by atoms with E-state index in [0.29, 0.717) is 23.7 Å². The number of alkyl halides is 1. The van der Waals surface area contributed by atoms with Gasteiger partial charge >= 0.3 is 5.97 Å². The molecule has 1 rings (SSSR count). The fourth-order valence-electron chi connectivity index (χ4n) is 1.45. The molecule has 0 heterocycles. The molecule has 0 saturated heterocycles. The molecule has 0 bridgehead atoms. The van der Waals surface area contributed by atoms with Crippen molar-refractivity contribution in [2.24, 2.45) is 0 Å². The van der Waals surface area contributed by atoms with Crippen LogP contribution in [-0.4, -0.2) is 32.1 Å². The largest absolute Gasteiger partial charge is 0.493 e. The highest BCUT2D eigenvalue weighted by atomic mass is 79.9. The van der Waals surface area contributed by atoms with Crippen molar-refractivity contribution in [1.82, 2.24) is 0 Å². The second-order valence-electron chi connectivity index (χ2n) is 3.73. The lowest BCUT2D eigenvalue weighted by Gasteiger charge is -2.12. The van der Waals surface area contributed by atoms with Crippen LogP contribution < -0.4 is 9.47 Å². The standard InChI is InChI=1S/C14H17BrO4/c1-10(14(16)18-3)11-5-6-12(13(9-11)17-2)19-8-4-7-15/h5-6,9H,1,4,7-8H2,2-3H3. The van der Waals surface area contributed by atoms with E-state index in [4.69, 9.17) is 9.47 Å². The van der Waals surface area contributed by atoms with E-state index in [1.54, 1.807) is 25.3 Å². The summed E-state index contributed by atoms with van der Waals surface area (Å²) in [6.07, 6.45) is 0.903.